The average Bonchev–Trinajstić information content (AvgIpc) is 3.04. The zero-order valence-corrected chi connectivity index (χ0v) is 16.4. The third-order valence-corrected chi connectivity index (χ3v) is 7.77. The molecule has 4 aliphatic rings. The van der Waals surface area contributed by atoms with Crippen LogP contribution in [-0.2, 0) is 16.6 Å². The van der Waals surface area contributed by atoms with Crippen molar-refractivity contribution in [1.82, 2.24) is 4.90 Å². The number of benzene rings is 1. The number of phenolic OH excluding ortho intramolecular Hbond substituents is 1. The molecular weight excluding hydrogens is 358 g/mol. The van der Waals surface area contributed by atoms with Gasteiger partial charge < -0.3 is 24.8 Å². The lowest BCUT2D eigenvalue weighted by Crippen LogP contribution is -2.79. The lowest BCUT2D eigenvalue weighted by Gasteiger charge is -2.65. The lowest BCUT2D eigenvalue weighted by molar-refractivity contribution is -0.242. The molecule has 5 atom stereocenters. The Labute approximate surface area is 165 Å². The molecule has 6 nitrogen and oxygen atoms in total. The van der Waals surface area contributed by atoms with Crippen molar-refractivity contribution >= 4 is 0 Å². The maximum absolute atomic E-state index is 12.2. The normalized spacial score (nSPS) is 40.7. The van der Waals surface area contributed by atoms with Crippen LogP contribution >= 0.6 is 0 Å². The second-order valence-electron chi connectivity index (χ2n) is 8.98. The molecule has 0 aromatic heterocycles. The summed E-state index contributed by atoms with van der Waals surface area (Å²) in [4.78, 5) is 2.33. The number of aliphatic hydroxyl groups is 2. The number of aromatic hydroxyl groups is 1. The van der Waals surface area contributed by atoms with Crippen LogP contribution in [0.5, 0.6) is 11.5 Å². The molecule has 28 heavy (non-hydrogen) atoms. The van der Waals surface area contributed by atoms with Crippen LogP contribution in [0.3, 0.4) is 0 Å². The Kier molecular flexibility index (Phi) is 3.92. The topological polar surface area (TPSA) is 82.4 Å². The molecule has 1 spiro atoms. The van der Waals surface area contributed by atoms with E-state index >= 15 is 0 Å². The fraction of sp³-hybridized carbons (Fsp3) is 0.636. The maximum atomic E-state index is 12.2. The summed E-state index contributed by atoms with van der Waals surface area (Å²) in [6.45, 7) is 7.67. The van der Waals surface area contributed by atoms with Gasteiger partial charge in [-0.3, -0.25) is 4.90 Å². The fourth-order valence-electron chi connectivity index (χ4n) is 6.65. The number of nitrogens with zero attached hydrogens (tertiary/aromatic N) is 1. The molecule has 6 heteroatoms. The van der Waals surface area contributed by atoms with Crippen molar-refractivity contribution in [1.29, 1.82) is 0 Å². The number of ether oxygens (including phenoxy) is 2. The molecule has 2 fully saturated rings. The molecule has 2 aliphatic heterocycles. The van der Waals surface area contributed by atoms with Crippen LogP contribution in [0, 0.1) is 0 Å². The molecular formula is C22H29NO5. The number of hydrogen-bond acceptors (Lipinski definition) is 6. The minimum absolute atomic E-state index is 0.0178. The third kappa shape index (κ3) is 2.02. The van der Waals surface area contributed by atoms with Gasteiger partial charge in [-0.2, -0.15) is 0 Å². The van der Waals surface area contributed by atoms with E-state index in [1.807, 2.05) is 19.1 Å². The Morgan fingerprint density at radius 2 is 2.18 bits per heavy atom. The highest BCUT2D eigenvalue weighted by molar-refractivity contribution is 5.62. The highest BCUT2D eigenvalue weighted by Crippen LogP contribution is 2.67. The summed E-state index contributed by atoms with van der Waals surface area (Å²) in [5.41, 5.74) is -0.0784. The molecule has 3 N–H and O–H groups in total. The molecule has 2 aliphatic carbocycles. The molecule has 1 unspecified atom stereocenters. The first-order valence-electron chi connectivity index (χ1n) is 10.3. The molecule has 1 aromatic rings. The minimum atomic E-state index is -0.951. The van der Waals surface area contributed by atoms with Crippen molar-refractivity contribution in [3.05, 3.63) is 35.9 Å². The van der Waals surface area contributed by atoms with Gasteiger partial charge in [0, 0.05) is 18.2 Å². The molecule has 2 heterocycles. The second kappa shape index (κ2) is 5.95. The summed E-state index contributed by atoms with van der Waals surface area (Å²) in [6.07, 6.45) is 4.21. The third-order valence-electron chi connectivity index (χ3n) is 7.77. The van der Waals surface area contributed by atoms with Crippen molar-refractivity contribution in [3.63, 3.8) is 0 Å². The van der Waals surface area contributed by atoms with Crippen molar-refractivity contribution < 1.29 is 24.8 Å². The zero-order valence-electron chi connectivity index (χ0n) is 16.4. The molecule has 0 radical (unpaired) electrons. The summed E-state index contributed by atoms with van der Waals surface area (Å²) in [5.74, 6) is 0.638. The number of piperidine rings is 1. The Morgan fingerprint density at radius 1 is 1.36 bits per heavy atom. The Morgan fingerprint density at radius 3 is 2.93 bits per heavy atom. The standard InChI is InChI=1S/C22H29NO5/c1-3-9-23-10-8-21-17-14-4-5-15(25)18(17)28-19(21)20(2,27-12-11-24)6-7-22(21,26)16(23)13-14/h3-5,16,19,24-26H,1,6-13H2,2H3/t16-,19+,20?,21+,22-/m1/s1. The zero-order chi connectivity index (χ0) is 19.7. The van der Waals surface area contributed by atoms with Gasteiger partial charge in [-0.15, -0.1) is 6.58 Å². The predicted molar refractivity (Wildman–Crippen MR) is 104 cm³/mol. The molecule has 1 aromatic carbocycles. The van der Waals surface area contributed by atoms with E-state index in [-0.39, 0.29) is 25.0 Å². The highest BCUT2D eigenvalue weighted by atomic mass is 16.6. The Hall–Kier alpha value is -1.60. The summed E-state index contributed by atoms with van der Waals surface area (Å²) >= 11 is 0. The number of likely N-dealkylation sites (tertiary alicyclic amines) is 1. The van der Waals surface area contributed by atoms with Crippen LogP contribution in [0.4, 0.5) is 0 Å². The monoisotopic (exact) mass is 387 g/mol. The van der Waals surface area contributed by atoms with E-state index in [0.717, 1.165) is 37.1 Å². The first-order chi connectivity index (χ1) is 13.4. The van der Waals surface area contributed by atoms with Crippen molar-refractivity contribution in [2.24, 2.45) is 0 Å². The summed E-state index contributed by atoms with van der Waals surface area (Å²) in [7, 11) is 0. The second-order valence-corrected chi connectivity index (χ2v) is 8.98. The van der Waals surface area contributed by atoms with Crippen LogP contribution in [0.15, 0.2) is 24.8 Å². The van der Waals surface area contributed by atoms with Gasteiger partial charge >= 0.3 is 0 Å². The molecule has 2 bridgehead atoms. The van der Waals surface area contributed by atoms with Crippen LogP contribution < -0.4 is 4.74 Å². The van der Waals surface area contributed by atoms with Gasteiger partial charge in [0.15, 0.2) is 11.5 Å². The largest absolute Gasteiger partial charge is 0.504 e. The van der Waals surface area contributed by atoms with Crippen molar-refractivity contribution in [2.75, 3.05) is 26.3 Å². The van der Waals surface area contributed by atoms with Crippen LogP contribution in [-0.4, -0.2) is 69.9 Å². The van der Waals surface area contributed by atoms with Gasteiger partial charge in [0.05, 0.1) is 24.2 Å². The first-order valence-corrected chi connectivity index (χ1v) is 10.3. The lowest BCUT2D eigenvalue weighted by atomic mass is 9.47. The van der Waals surface area contributed by atoms with Gasteiger partial charge in [-0.1, -0.05) is 12.1 Å². The first kappa shape index (κ1) is 18.4. The minimum Gasteiger partial charge on any atom is -0.504 e. The summed E-state index contributed by atoms with van der Waals surface area (Å²) in [6, 6.07) is 3.66. The highest BCUT2D eigenvalue weighted by Gasteiger charge is 2.75. The van der Waals surface area contributed by atoms with E-state index in [4.69, 9.17) is 9.47 Å². The van der Waals surface area contributed by atoms with E-state index in [0.29, 0.717) is 18.6 Å². The number of phenols is 1. The Balaban J connectivity index is 1.72. The Bertz CT molecular complexity index is 827. The van der Waals surface area contributed by atoms with Gasteiger partial charge in [0.1, 0.15) is 11.7 Å². The predicted octanol–water partition coefficient (Wildman–Crippen LogP) is 1.50. The van der Waals surface area contributed by atoms with Crippen LogP contribution in [0.1, 0.15) is 37.3 Å². The van der Waals surface area contributed by atoms with Gasteiger partial charge in [0.25, 0.3) is 0 Å². The van der Waals surface area contributed by atoms with E-state index in [9.17, 15) is 15.3 Å². The SMILES string of the molecule is C=CCN1CC[C@]23c4c5ccc(O)c4O[C@H]2C(C)(OCCO)CC[C@@]3(O)[C@H]1C5. The molecule has 0 amide bonds. The van der Waals surface area contributed by atoms with Crippen LogP contribution in [0.25, 0.3) is 0 Å². The van der Waals surface area contributed by atoms with Crippen molar-refractivity contribution in [3.8, 4) is 11.5 Å². The number of aliphatic hydroxyl groups excluding tert-OH is 1. The molecule has 1 saturated heterocycles. The van der Waals surface area contributed by atoms with Gasteiger partial charge in [-0.25, -0.2) is 0 Å². The van der Waals surface area contributed by atoms with E-state index < -0.39 is 22.7 Å². The molecule has 1 saturated carbocycles. The maximum Gasteiger partial charge on any atom is 0.165 e. The summed E-state index contributed by atoms with van der Waals surface area (Å²) < 4.78 is 12.6. The van der Waals surface area contributed by atoms with Gasteiger partial charge in [0.2, 0.25) is 0 Å². The quantitative estimate of drug-likeness (QED) is 0.665. The van der Waals surface area contributed by atoms with E-state index in [1.165, 1.54) is 0 Å². The average molecular weight is 387 g/mol. The molecule has 152 valence electrons. The summed E-state index contributed by atoms with van der Waals surface area (Å²) in [5, 5.41) is 32.1. The van der Waals surface area contributed by atoms with Crippen molar-refractivity contribution in [2.45, 2.75) is 61.4 Å². The van der Waals surface area contributed by atoms with Crippen LogP contribution in [0.2, 0.25) is 0 Å². The van der Waals surface area contributed by atoms with E-state index in [2.05, 4.69) is 11.5 Å². The smallest absolute Gasteiger partial charge is 0.165 e. The number of hydrogen-bond donors (Lipinski definition) is 3. The van der Waals surface area contributed by atoms with Gasteiger partial charge in [-0.05, 0) is 50.8 Å². The van der Waals surface area contributed by atoms with E-state index in [1.54, 1.807) is 6.07 Å². The molecule has 5 rings (SSSR count). The fourth-order valence-corrected chi connectivity index (χ4v) is 6.65. The number of rotatable bonds is 5.